The molecule has 1 aromatic carbocycles. The predicted octanol–water partition coefficient (Wildman–Crippen LogP) is 1.19. The van der Waals surface area contributed by atoms with Crippen LogP contribution in [-0.2, 0) is 9.84 Å². The van der Waals surface area contributed by atoms with E-state index in [0.717, 1.165) is 0 Å². The molecule has 0 heterocycles. The lowest BCUT2D eigenvalue weighted by Gasteiger charge is -2.17. The molecule has 23 heavy (non-hydrogen) atoms. The molecule has 0 bridgehead atoms. The minimum absolute atomic E-state index is 0.140. The lowest BCUT2D eigenvalue weighted by Crippen LogP contribution is -2.42. The second-order valence-electron chi connectivity index (χ2n) is 5.25. The highest BCUT2D eigenvalue weighted by Crippen LogP contribution is 2.12. The van der Waals surface area contributed by atoms with Gasteiger partial charge in [-0.05, 0) is 37.6 Å². The van der Waals surface area contributed by atoms with Crippen molar-refractivity contribution in [3.05, 3.63) is 30.1 Å². The molecular formula is C15H24FN3O3S. The number of nitrogens with one attached hydrogen (secondary N) is 2. The Labute approximate surface area is 137 Å². The van der Waals surface area contributed by atoms with Crippen molar-refractivity contribution < 1.29 is 17.5 Å². The van der Waals surface area contributed by atoms with E-state index in [4.69, 9.17) is 4.74 Å². The van der Waals surface area contributed by atoms with E-state index in [1.54, 1.807) is 19.2 Å². The monoisotopic (exact) mass is 345 g/mol. The first-order valence-corrected chi connectivity index (χ1v) is 9.40. The molecule has 0 amide bonds. The highest BCUT2D eigenvalue weighted by Gasteiger charge is 2.06. The number of nitrogens with zero attached hydrogens (tertiary/aromatic N) is 1. The van der Waals surface area contributed by atoms with Gasteiger partial charge in [-0.25, -0.2) is 12.8 Å². The number of hydrogen-bond donors (Lipinski definition) is 2. The highest BCUT2D eigenvalue weighted by atomic mass is 32.2. The van der Waals surface area contributed by atoms with Crippen LogP contribution in [-0.4, -0.2) is 52.6 Å². The zero-order chi connectivity index (χ0) is 17.3. The van der Waals surface area contributed by atoms with Crippen LogP contribution in [0.15, 0.2) is 29.3 Å². The standard InChI is InChI=1S/C15H24FN3O3S/c1-12(22-14-7-5-13(16)6-8-14)11-19-15(17-2)18-9-4-10-23(3,20)21/h5-8,12H,4,9-11H2,1-3H3,(H2,17,18,19). The van der Waals surface area contributed by atoms with E-state index in [0.29, 0.717) is 31.2 Å². The Bertz CT molecular complexity index is 603. The molecule has 0 saturated heterocycles. The highest BCUT2D eigenvalue weighted by molar-refractivity contribution is 7.90. The van der Waals surface area contributed by atoms with Crippen LogP contribution in [0, 0.1) is 5.82 Å². The van der Waals surface area contributed by atoms with Crippen LogP contribution >= 0.6 is 0 Å². The van der Waals surface area contributed by atoms with Gasteiger partial charge in [0.15, 0.2) is 5.96 Å². The lowest BCUT2D eigenvalue weighted by atomic mass is 10.3. The molecule has 2 N–H and O–H groups in total. The summed E-state index contributed by atoms with van der Waals surface area (Å²) >= 11 is 0. The number of halogens is 1. The van der Waals surface area contributed by atoms with Gasteiger partial charge in [-0.3, -0.25) is 4.99 Å². The predicted molar refractivity (Wildman–Crippen MR) is 90.2 cm³/mol. The SMILES string of the molecule is CN=C(NCCCS(C)(=O)=O)NCC(C)Oc1ccc(F)cc1. The third-order valence-corrected chi connectivity index (χ3v) is 3.95. The minimum atomic E-state index is -2.94. The number of aliphatic imine (C=N–C) groups is 1. The smallest absolute Gasteiger partial charge is 0.191 e. The van der Waals surface area contributed by atoms with E-state index in [-0.39, 0.29) is 17.7 Å². The van der Waals surface area contributed by atoms with Crippen LogP contribution in [0.5, 0.6) is 5.75 Å². The number of sulfone groups is 1. The van der Waals surface area contributed by atoms with E-state index in [9.17, 15) is 12.8 Å². The Morgan fingerprint density at radius 3 is 2.52 bits per heavy atom. The Balaban J connectivity index is 2.29. The Hall–Kier alpha value is -1.83. The van der Waals surface area contributed by atoms with Gasteiger partial charge in [0, 0.05) is 19.8 Å². The summed E-state index contributed by atoms with van der Waals surface area (Å²) in [6, 6.07) is 5.84. The molecular weight excluding hydrogens is 321 g/mol. The molecule has 8 heteroatoms. The number of ether oxygens (including phenoxy) is 1. The van der Waals surface area contributed by atoms with Crippen LogP contribution < -0.4 is 15.4 Å². The maximum atomic E-state index is 12.8. The van der Waals surface area contributed by atoms with Crippen molar-refractivity contribution >= 4 is 15.8 Å². The van der Waals surface area contributed by atoms with Gasteiger partial charge in [-0.2, -0.15) is 0 Å². The van der Waals surface area contributed by atoms with E-state index >= 15 is 0 Å². The number of guanidine groups is 1. The van der Waals surface area contributed by atoms with Gasteiger partial charge in [-0.15, -0.1) is 0 Å². The van der Waals surface area contributed by atoms with Crippen molar-refractivity contribution in [3.63, 3.8) is 0 Å². The van der Waals surface area contributed by atoms with Gasteiger partial charge < -0.3 is 15.4 Å². The molecule has 0 radical (unpaired) electrons. The average molecular weight is 345 g/mol. The fourth-order valence-corrected chi connectivity index (χ4v) is 2.46. The molecule has 0 aliphatic heterocycles. The maximum absolute atomic E-state index is 12.8. The van der Waals surface area contributed by atoms with Crippen molar-refractivity contribution in [1.29, 1.82) is 0 Å². The molecule has 0 fully saturated rings. The first kappa shape index (κ1) is 19.2. The summed E-state index contributed by atoms with van der Waals surface area (Å²) in [4.78, 5) is 4.05. The Morgan fingerprint density at radius 1 is 1.30 bits per heavy atom. The molecule has 0 saturated carbocycles. The summed E-state index contributed by atoms with van der Waals surface area (Å²) in [5.74, 6) is 1.01. The van der Waals surface area contributed by atoms with Crippen LogP contribution in [0.2, 0.25) is 0 Å². The third kappa shape index (κ3) is 9.02. The van der Waals surface area contributed by atoms with E-state index < -0.39 is 9.84 Å². The minimum Gasteiger partial charge on any atom is -0.489 e. The number of rotatable bonds is 8. The molecule has 0 aliphatic carbocycles. The molecule has 130 valence electrons. The van der Waals surface area contributed by atoms with Gasteiger partial charge in [0.2, 0.25) is 0 Å². The molecule has 1 unspecified atom stereocenters. The molecule has 0 aliphatic rings. The van der Waals surface area contributed by atoms with Gasteiger partial charge >= 0.3 is 0 Å². The molecule has 0 aromatic heterocycles. The van der Waals surface area contributed by atoms with Crippen LogP contribution in [0.4, 0.5) is 4.39 Å². The molecule has 1 atom stereocenters. The number of benzene rings is 1. The quantitative estimate of drug-likeness (QED) is 0.420. The van der Waals surface area contributed by atoms with Crippen molar-refractivity contribution in [2.24, 2.45) is 4.99 Å². The molecule has 1 rings (SSSR count). The van der Waals surface area contributed by atoms with Gasteiger partial charge in [-0.1, -0.05) is 0 Å². The van der Waals surface area contributed by atoms with E-state index in [1.807, 2.05) is 6.92 Å². The molecule has 6 nitrogen and oxygen atoms in total. The van der Waals surface area contributed by atoms with Gasteiger partial charge in [0.05, 0.1) is 12.3 Å². The summed E-state index contributed by atoms with van der Waals surface area (Å²) in [7, 11) is -1.30. The first-order chi connectivity index (χ1) is 10.8. The summed E-state index contributed by atoms with van der Waals surface area (Å²) < 4.78 is 40.5. The third-order valence-electron chi connectivity index (χ3n) is 2.92. The van der Waals surface area contributed by atoms with Crippen molar-refractivity contribution in [2.45, 2.75) is 19.4 Å². The topological polar surface area (TPSA) is 79.8 Å². The molecule has 1 aromatic rings. The lowest BCUT2D eigenvalue weighted by molar-refractivity contribution is 0.223. The van der Waals surface area contributed by atoms with Gasteiger partial charge in [0.1, 0.15) is 27.5 Å². The second kappa shape index (κ2) is 9.34. The summed E-state index contributed by atoms with van der Waals surface area (Å²) in [6.07, 6.45) is 1.59. The van der Waals surface area contributed by atoms with Crippen LogP contribution in [0.3, 0.4) is 0 Å². The second-order valence-corrected chi connectivity index (χ2v) is 7.51. The Morgan fingerprint density at radius 2 is 1.96 bits per heavy atom. The van der Waals surface area contributed by atoms with Crippen LogP contribution in [0.1, 0.15) is 13.3 Å². The Kier molecular flexibility index (Phi) is 7.80. The summed E-state index contributed by atoms with van der Waals surface area (Å²) in [5.41, 5.74) is 0. The van der Waals surface area contributed by atoms with E-state index in [1.165, 1.54) is 18.4 Å². The fourth-order valence-electron chi connectivity index (χ4n) is 1.79. The normalized spacial score (nSPS) is 13.5. The van der Waals surface area contributed by atoms with Crippen molar-refractivity contribution in [1.82, 2.24) is 10.6 Å². The van der Waals surface area contributed by atoms with Crippen LogP contribution in [0.25, 0.3) is 0 Å². The van der Waals surface area contributed by atoms with Gasteiger partial charge in [0.25, 0.3) is 0 Å². The average Bonchev–Trinajstić information content (AvgIpc) is 2.48. The number of hydrogen-bond acceptors (Lipinski definition) is 4. The largest absolute Gasteiger partial charge is 0.489 e. The molecule has 0 spiro atoms. The maximum Gasteiger partial charge on any atom is 0.191 e. The zero-order valence-electron chi connectivity index (χ0n) is 13.7. The van der Waals surface area contributed by atoms with E-state index in [2.05, 4.69) is 15.6 Å². The summed E-state index contributed by atoms with van der Waals surface area (Å²) in [6.45, 7) is 2.90. The fraction of sp³-hybridized carbons (Fsp3) is 0.533. The first-order valence-electron chi connectivity index (χ1n) is 7.34. The summed E-state index contributed by atoms with van der Waals surface area (Å²) in [5, 5.41) is 6.13. The zero-order valence-corrected chi connectivity index (χ0v) is 14.5. The van der Waals surface area contributed by atoms with Crippen molar-refractivity contribution in [2.75, 3.05) is 32.1 Å². The van der Waals surface area contributed by atoms with Crippen molar-refractivity contribution in [3.8, 4) is 5.75 Å².